The van der Waals surface area contributed by atoms with Gasteiger partial charge in [-0.05, 0) is 19.9 Å². The summed E-state index contributed by atoms with van der Waals surface area (Å²) in [4.78, 5) is 27.8. The van der Waals surface area contributed by atoms with Gasteiger partial charge in [0.05, 0.1) is 24.6 Å². The van der Waals surface area contributed by atoms with Gasteiger partial charge in [0.1, 0.15) is 6.54 Å². The van der Waals surface area contributed by atoms with Gasteiger partial charge in [-0.2, -0.15) is 0 Å². The fraction of sp³-hybridized carbons (Fsp3) is 0.524. The maximum Gasteiger partial charge on any atom is 0.242 e. The SMILES string of the molecule is COCCNC(=O)CSc1cn(CC(=O)N2C[C@H](C)O[C@@H](C)C2)c2ccccc12. The Morgan fingerprint density at radius 2 is 1.97 bits per heavy atom. The molecule has 1 saturated heterocycles. The standard InChI is InChI=1S/C21H29N3O4S/c1-15-10-24(11-16(2)28-15)21(26)13-23-12-19(17-6-4-5-7-18(17)23)29-14-20(25)22-8-9-27-3/h4-7,12,15-16H,8-11,13-14H2,1-3H3,(H,22,25)/t15-,16-/m0/s1. The Morgan fingerprint density at radius 3 is 2.69 bits per heavy atom. The van der Waals surface area contributed by atoms with E-state index in [4.69, 9.17) is 9.47 Å². The highest BCUT2D eigenvalue weighted by Gasteiger charge is 2.26. The van der Waals surface area contributed by atoms with Gasteiger partial charge in [0, 0.05) is 48.7 Å². The molecular formula is C21H29N3O4S. The van der Waals surface area contributed by atoms with Gasteiger partial charge >= 0.3 is 0 Å². The fourth-order valence-electron chi connectivity index (χ4n) is 3.57. The molecule has 0 spiro atoms. The summed E-state index contributed by atoms with van der Waals surface area (Å²) in [7, 11) is 1.61. The average molecular weight is 420 g/mol. The second-order valence-electron chi connectivity index (χ2n) is 7.33. The molecule has 2 aromatic rings. The molecule has 2 heterocycles. The number of carbonyl (C=O) groups excluding carboxylic acids is 2. The first-order valence-corrected chi connectivity index (χ1v) is 10.9. The van der Waals surface area contributed by atoms with Gasteiger partial charge in [0.25, 0.3) is 0 Å². The van der Waals surface area contributed by atoms with Crippen molar-refractivity contribution in [1.29, 1.82) is 0 Å². The van der Waals surface area contributed by atoms with Crippen LogP contribution in [0.1, 0.15) is 13.8 Å². The number of hydrogen-bond acceptors (Lipinski definition) is 5. The van der Waals surface area contributed by atoms with Gasteiger partial charge in [-0.3, -0.25) is 9.59 Å². The van der Waals surface area contributed by atoms with Crippen LogP contribution in [0, 0.1) is 0 Å². The number of ether oxygens (including phenoxy) is 2. The quantitative estimate of drug-likeness (QED) is 0.524. The topological polar surface area (TPSA) is 72.8 Å². The summed E-state index contributed by atoms with van der Waals surface area (Å²) in [5.41, 5.74) is 0.998. The molecule has 3 rings (SSSR count). The van der Waals surface area contributed by atoms with Crippen molar-refractivity contribution in [3.05, 3.63) is 30.5 Å². The van der Waals surface area contributed by atoms with Crippen molar-refractivity contribution in [2.24, 2.45) is 0 Å². The van der Waals surface area contributed by atoms with E-state index < -0.39 is 0 Å². The number of carbonyl (C=O) groups is 2. The van der Waals surface area contributed by atoms with E-state index in [2.05, 4.69) is 5.32 Å². The smallest absolute Gasteiger partial charge is 0.242 e. The van der Waals surface area contributed by atoms with Crippen molar-refractivity contribution < 1.29 is 19.1 Å². The van der Waals surface area contributed by atoms with Gasteiger partial charge < -0.3 is 24.3 Å². The summed E-state index contributed by atoms with van der Waals surface area (Å²) in [5, 5.41) is 3.88. The monoisotopic (exact) mass is 419 g/mol. The molecule has 0 saturated carbocycles. The van der Waals surface area contributed by atoms with Crippen LogP contribution in [0.2, 0.25) is 0 Å². The van der Waals surface area contributed by atoms with Crippen molar-refractivity contribution in [1.82, 2.24) is 14.8 Å². The summed E-state index contributed by atoms with van der Waals surface area (Å²) in [6, 6.07) is 7.98. The first kappa shape index (κ1) is 21.7. The summed E-state index contributed by atoms with van der Waals surface area (Å²) in [6.07, 6.45) is 2.07. The molecule has 7 nitrogen and oxygen atoms in total. The van der Waals surface area contributed by atoms with Gasteiger partial charge in [-0.25, -0.2) is 0 Å². The number of nitrogens with zero attached hydrogens (tertiary/aromatic N) is 2. The molecule has 158 valence electrons. The predicted molar refractivity (Wildman–Crippen MR) is 114 cm³/mol. The number of fused-ring (bicyclic) bond motifs is 1. The normalized spacial score (nSPS) is 19.5. The highest BCUT2D eigenvalue weighted by Crippen LogP contribution is 2.30. The van der Waals surface area contributed by atoms with Crippen LogP contribution in [-0.2, 0) is 25.6 Å². The molecule has 0 bridgehead atoms. The third kappa shape index (κ3) is 5.74. The van der Waals surface area contributed by atoms with E-state index in [0.717, 1.165) is 15.8 Å². The summed E-state index contributed by atoms with van der Waals surface area (Å²) < 4.78 is 12.7. The Morgan fingerprint density at radius 1 is 1.24 bits per heavy atom. The van der Waals surface area contributed by atoms with E-state index >= 15 is 0 Å². The summed E-state index contributed by atoms with van der Waals surface area (Å²) >= 11 is 1.48. The molecule has 1 fully saturated rings. The van der Waals surface area contributed by atoms with Crippen LogP contribution in [0.4, 0.5) is 0 Å². The Labute approximate surface area is 175 Å². The Bertz CT molecular complexity index is 844. The van der Waals surface area contributed by atoms with Crippen LogP contribution < -0.4 is 5.32 Å². The lowest BCUT2D eigenvalue weighted by molar-refractivity contribution is -0.143. The number of morpholine rings is 1. The zero-order chi connectivity index (χ0) is 20.8. The second-order valence-corrected chi connectivity index (χ2v) is 8.34. The molecule has 1 aliphatic heterocycles. The van der Waals surface area contributed by atoms with Crippen molar-refractivity contribution in [2.75, 3.05) is 39.1 Å². The average Bonchev–Trinajstić information content (AvgIpc) is 3.03. The Kier molecular flexibility index (Phi) is 7.57. The maximum absolute atomic E-state index is 12.9. The number of para-hydroxylation sites is 1. The first-order valence-electron chi connectivity index (χ1n) is 9.87. The number of benzene rings is 1. The number of nitrogens with one attached hydrogen (secondary N) is 1. The van der Waals surface area contributed by atoms with Gasteiger partial charge in [-0.15, -0.1) is 11.8 Å². The molecule has 1 aromatic heterocycles. The van der Waals surface area contributed by atoms with E-state index in [0.29, 0.717) is 32.0 Å². The summed E-state index contributed by atoms with van der Waals surface area (Å²) in [6.45, 7) is 6.50. The van der Waals surface area contributed by atoms with Crippen LogP contribution >= 0.6 is 11.8 Å². The summed E-state index contributed by atoms with van der Waals surface area (Å²) in [5.74, 6) is 0.377. The van der Waals surface area contributed by atoms with Crippen LogP contribution in [0.15, 0.2) is 35.4 Å². The highest BCUT2D eigenvalue weighted by molar-refractivity contribution is 8.00. The third-order valence-electron chi connectivity index (χ3n) is 4.82. The number of hydrogen-bond donors (Lipinski definition) is 1. The zero-order valence-corrected chi connectivity index (χ0v) is 18.0. The van der Waals surface area contributed by atoms with E-state index in [1.807, 2.05) is 53.8 Å². The minimum atomic E-state index is -0.0313. The van der Waals surface area contributed by atoms with Gasteiger partial charge in [0.15, 0.2) is 0 Å². The molecule has 0 radical (unpaired) electrons. The molecule has 8 heteroatoms. The third-order valence-corrected chi connectivity index (χ3v) is 5.86. The van der Waals surface area contributed by atoms with Crippen molar-refractivity contribution in [3.63, 3.8) is 0 Å². The van der Waals surface area contributed by atoms with Gasteiger partial charge in [0.2, 0.25) is 11.8 Å². The lowest BCUT2D eigenvalue weighted by atomic mass is 10.2. The number of rotatable bonds is 8. The van der Waals surface area contributed by atoms with E-state index in [1.54, 1.807) is 7.11 Å². The first-order chi connectivity index (χ1) is 14.0. The maximum atomic E-state index is 12.9. The molecule has 0 unspecified atom stereocenters. The molecular weight excluding hydrogens is 390 g/mol. The lowest BCUT2D eigenvalue weighted by Crippen LogP contribution is -2.49. The van der Waals surface area contributed by atoms with Gasteiger partial charge in [-0.1, -0.05) is 18.2 Å². The number of thioether (sulfide) groups is 1. The highest BCUT2D eigenvalue weighted by atomic mass is 32.2. The molecule has 1 aromatic carbocycles. The van der Waals surface area contributed by atoms with Crippen LogP contribution in [-0.4, -0.2) is 72.6 Å². The zero-order valence-electron chi connectivity index (χ0n) is 17.2. The minimum Gasteiger partial charge on any atom is -0.383 e. The molecule has 0 aliphatic carbocycles. The Hall–Kier alpha value is -2.03. The number of methoxy groups -OCH3 is 1. The lowest BCUT2D eigenvalue weighted by Gasteiger charge is -2.35. The van der Waals surface area contributed by atoms with Crippen molar-refractivity contribution in [2.45, 2.75) is 37.5 Å². The molecule has 1 aliphatic rings. The van der Waals surface area contributed by atoms with E-state index in [1.165, 1.54) is 11.8 Å². The molecule has 29 heavy (non-hydrogen) atoms. The van der Waals surface area contributed by atoms with Crippen molar-refractivity contribution in [3.8, 4) is 0 Å². The number of amides is 2. The fourth-order valence-corrected chi connectivity index (χ4v) is 4.49. The van der Waals surface area contributed by atoms with Crippen LogP contribution in [0.3, 0.4) is 0 Å². The van der Waals surface area contributed by atoms with Crippen LogP contribution in [0.5, 0.6) is 0 Å². The predicted octanol–water partition coefficient (Wildman–Crippen LogP) is 2.13. The van der Waals surface area contributed by atoms with Crippen LogP contribution in [0.25, 0.3) is 10.9 Å². The second kappa shape index (κ2) is 10.1. The van der Waals surface area contributed by atoms with E-state index in [-0.39, 0.29) is 30.6 Å². The number of aromatic nitrogens is 1. The van der Waals surface area contributed by atoms with Crippen molar-refractivity contribution >= 4 is 34.5 Å². The van der Waals surface area contributed by atoms with E-state index in [9.17, 15) is 9.59 Å². The molecule has 1 N–H and O–H groups in total. The minimum absolute atomic E-state index is 0.0313. The Balaban J connectivity index is 1.69. The molecule has 2 amide bonds. The largest absolute Gasteiger partial charge is 0.383 e. The molecule has 2 atom stereocenters.